The minimum Gasteiger partial charge on any atom is -0.464 e. The lowest BCUT2D eigenvalue weighted by atomic mass is 9.80. The third kappa shape index (κ3) is 5.58. The standard InChI is InChI=1S/C20H39O7P/c1-11-24-17(21)19(13(3)4,14(5)6)26-28(23)27-20(15(7)8,16(9)10)18(22)25-12-2/h13-16,28H,11-12H2,1-10H3. The molecule has 0 bridgehead atoms. The Balaban J connectivity index is 6.01. The molecule has 0 unspecified atom stereocenters. The second kappa shape index (κ2) is 11.3. The average molecular weight is 422 g/mol. The minimum atomic E-state index is -3.26. The molecule has 0 spiro atoms. The zero-order chi connectivity index (χ0) is 22.3. The van der Waals surface area contributed by atoms with Crippen LogP contribution in [0.15, 0.2) is 0 Å². The molecule has 28 heavy (non-hydrogen) atoms. The summed E-state index contributed by atoms with van der Waals surface area (Å²) in [5, 5.41) is 0. The van der Waals surface area contributed by atoms with Crippen molar-refractivity contribution in [3.8, 4) is 0 Å². The molecule has 0 heterocycles. The van der Waals surface area contributed by atoms with Crippen molar-refractivity contribution in [1.29, 1.82) is 0 Å². The molecule has 7 nitrogen and oxygen atoms in total. The topological polar surface area (TPSA) is 88.1 Å². The van der Waals surface area contributed by atoms with Crippen molar-refractivity contribution < 1.29 is 32.7 Å². The van der Waals surface area contributed by atoms with E-state index in [-0.39, 0.29) is 36.9 Å². The number of esters is 2. The molecule has 0 amide bonds. The first kappa shape index (κ1) is 27.1. The Morgan fingerprint density at radius 3 is 1.11 bits per heavy atom. The third-order valence-electron chi connectivity index (χ3n) is 5.12. The van der Waals surface area contributed by atoms with Gasteiger partial charge in [-0.1, -0.05) is 55.4 Å². The quantitative estimate of drug-likeness (QED) is 0.334. The predicted molar refractivity (Wildman–Crippen MR) is 109 cm³/mol. The summed E-state index contributed by atoms with van der Waals surface area (Å²) < 4.78 is 35.1. The molecule has 0 rings (SSSR count). The molecule has 0 aromatic carbocycles. The minimum absolute atomic E-state index is 0.177. The first-order valence-electron chi connectivity index (χ1n) is 10.1. The number of carbonyl (C=O) groups is 2. The molecule has 0 atom stereocenters. The smallest absolute Gasteiger partial charge is 0.339 e. The van der Waals surface area contributed by atoms with Crippen LogP contribution in [-0.4, -0.2) is 36.4 Å². The lowest BCUT2D eigenvalue weighted by Gasteiger charge is -2.41. The van der Waals surface area contributed by atoms with Gasteiger partial charge in [0, 0.05) is 0 Å². The molecule has 166 valence electrons. The van der Waals surface area contributed by atoms with Gasteiger partial charge < -0.3 is 9.47 Å². The van der Waals surface area contributed by atoms with Gasteiger partial charge in [0.15, 0.2) is 11.2 Å². The summed E-state index contributed by atoms with van der Waals surface area (Å²) in [7, 11) is -3.26. The molecule has 0 aromatic heterocycles. The van der Waals surface area contributed by atoms with Crippen LogP contribution in [0.1, 0.15) is 69.2 Å². The van der Waals surface area contributed by atoms with Crippen molar-refractivity contribution in [3.63, 3.8) is 0 Å². The van der Waals surface area contributed by atoms with Crippen molar-refractivity contribution in [2.24, 2.45) is 23.7 Å². The summed E-state index contributed by atoms with van der Waals surface area (Å²) in [6.45, 7) is 18.2. The van der Waals surface area contributed by atoms with Crippen molar-refractivity contribution in [3.05, 3.63) is 0 Å². The molecule has 0 N–H and O–H groups in total. The van der Waals surface area contributed by atoms with Gasteiger partial charge in [-0.2, -0.15) is 0 Å². The Hall–Kier alpha value is -0.910. The fraction of sp³-hybridized carbons (Fsp3) is 0.900. The average Bonchev–Trinajstić information content (AvgIpc) is 2.56. The lowest BCUT2D eigenvalue weighted by molar-refractivity contribution is -0.178. The van der Waals surface area contributed by atoms with E-state index in [2.05, 4.69) is 0 Å². The molecule has 0 aromatic rings. The predicted octanol–water partition coefficient (Wildman–Crippen LogP) is 4.64. The fourth-order valence-corrected chi connectivity index (χ4v) is 5.32. The molecular weight excluding hydrogens is 383 g/mol. The highest BCUT2D eigenvalue weighted by molar-refractivity contribution is 7.33. The number of ether oxygens (including phenoxy) is 2. The highest BCUT2D eigenvalue weighted by Crippen LogP contribution is 2.47. The van der Waals surface area contributed by atoms with E-state index in [1.54, 1.807) is 69.2 Å². The monoisotopic (exact) mass is 422 g/mol. The molecule has 0 fully saturated rings. The van der Waals surface area contributed by atoms with E-state index in [0.717, 1.165) is 0 Å². The summed E-state index contributed by atoms with van der Waals surface area (Å²) in [6, 6.07) is 0. The number of hydrogen-bond donors (Lipinski definition) is 0. The van der Waals surface area contributed by atoms with Gasteiger partial charge in [-0.3, -0.25) is 13.6 Å². The van der Waals surface area contributed by atoms with Crippen LogP contribution in [0, 0.1) is 23.7 Å². The van der Waals surface area contributed by atoms with Crippen molar-refractivity contribution in [2.45, 2.75) is 80.4 Å². The van der Waals surface area contributed by atoms with Crippen LogP contribution in [0.4, 0.5) is 0 Å². The highest BCUT2D eigenvalue weighted by Gasteiger charge is 2.53. The van der Waals surface area contributed by atoms with Gasteiger partial charge in [0.1, 0.15) is 0 Å². The maximum Gasteiger partial charge on any atom is 0.339 e. The normalized spacial score (nSPS) is 13.1. The molecule has 0 saturated heterocycles. The number of hydrogen-bond acceptors (Lipinski definition) is 7. The number of carbonyl (C=O) groups excluding carboxylic acids is 2. The van der Waals surface area contributed by atoms with Crippen molar-refractivity contribution in [2.75, 3.05) is 13.2 Å². The van der Waals surface area contributed by atoms with E-state index in [0.29, 0.717) is 0 Å². The maximum absolute atomic E-state index is 13.0. The van der Waals surface area contributed by atoms with Crippen LogP contribution >= 0.6 is 8.25 Å². The van der Waals surface area contributed by atoms with E-state index >= 15 is 0 Å². The van der Waals surface area contributed by atoms with Crippen LogP contribution in [0.3, 0.4) is 0 Å². The first-order chi connectivity index (χ1) is 12.8. The molecule has 0 aliphatic rings. The summed E-state index contributed by atoms with van der Waals surface area (Å²) in [6.07, 6.45) is 0. The molecular formula is C20H39O7P. The summed E-state index contributed by atoms with van der Waals surface area (Å²) in [5.74, 6) is -2.45. The summed E-state index contributed by atoms with van der Waals surface area (Å²) in [4.78, 5) is 25.5. The largest absolute Gasteiger partial charge is 0.464 e. The Morgan fingerprint density at radius 1 is 0.679 bits per heavy atom. The zero-order valence-corrected chi connectivity index (χ0v) is 20.1. The van der Waals surface area contributed by atoms with Crippen LogP contribution in [0.5, 0.6) is 0 Å². The molecule has 0 aliphatic heterocycles. The highest BCUT2D eigenvalue weighted by atomic mass is 31.1. The molecule has 0 aliphatic carbocycles. The third-order valence-corrected chi connectivity index (χ3v) is 6.13. The van der Waals surface area contributed by atoms with Gasteiger partial charge in [-0.05, 0) is 37.5 Å². The van der Waals surface area contributed by atoms with Crippen molar-refractivity contribution in [1.82, 2.24) is 0 Å². The summed E-state index contributed by atoms with van der Waals surface area (Å²) in [5.41, 5.74) is -2.89. The van der Waals surface area contributed by atoms with Gasteiger partial charge in [0.25, 0.3) is 0 Å². The Kier molecular flexibility index (Phi) is 11.0. The van der Waals surface area contributed by atoms with Gasteiger partial charge in [0.2, 0.25) is 0 Å². The second-order valence-electron chi connectivity index (χ2n) is 8.10. The number of rotatable bonds is 12. The zero-order valence-electron chi connectivity index (χ0n) is 19.1. The van der Waals surface area contributed by atoms with E-state index < -0.39 is 31.4 Å². The van der Waals surface area contributed by atoms with E-state index in [1.165, 1.54) is 0 Å². The summed E-state index contributed by atoms with van der Waals surface area (Å²) >= 11 is 0. The van der Waals surface area contributed by atoms with E-state index in [1.807, 2.05) is 0 Å². The second-order valence-corrected chi connectivity index (χ2v) is 9.01. The lowest BCUT2D eigenvalue weighted by Crippen LogP contribution is -2.53. The van der Waals surface area contributed by atoms with Gasteiger partial charge in [-0.25, -0.2) is 9.59 Å². The first-order valence-corrected chi connectivity index (χ1v) is 11.3. The fourth-order valence-electron chi connectivity index (χ4n) is 3.62. The molecule has 8 heteroatoms. The van der Waals surface area contributed by atoms with E-state index in [9.17, 15) is 14.2 Å². The Labute approximate surface area is 170 Å². The maximum atomic E-state index is 13.0. The van der Waals surface area contributed by atoms with Gasteiger partial charge >= 0.3 is 20.2 Å². The Bertz CT molecular complexity index is 479. The van der Waals surface area contributed by atoms with Gasteiger partial charge in [-0.15, -0.1) is 0 Å². The van der Waals surface area contributed by atoms with Crippen LogP contribution < -0.4 is 0 Å². The Morgan fingerprint density at radius 2 is 0.929 bits per heavy atom. The SMILES string of the molecule is CCOC(=O)C(O[PH](=O)OC(C(=O)OCC)(C(C)C)C(C)C)(C(C)C)C(C)C. The van der Waals surface area contributed by atoms with Crippen LogP contribution in [-0.2, 0) is 32.7 Å². The molecule has 0 saturated carbocycles. The van der Waals surface area contributed by atoms with E-state index in [4.69, 9.17) is 18.5 Å². The molecule has 0 radical (unpaired) electrons. The van der Waals surface area contributed by atoms with Crippen molar-refractivity contribution >= 4 is 20.2 Å². The van der Waals surface area contributed by atoms with Gasteiger partial charge in [0.05, 0.1) is 13.2 Å². The van der Waals surface area contributed by atoms with Crippen LogP contribution in [0.2, 0.25) is 0 Å². The van der Waals surface area contributed by atoms with Crippen LogP contribution in [0.25, 0.3) is 0 Å².